The van der Waals surface area contributed by atoms with E-state index in [9.17, 15) is 19.7 Å². The minimum absolute atomic E-state index is 0.0317. The van der Waals surface area contributed by atoms with Crippen LogP contribution in [0.1, 0.15) is 32.0 Å². The number of rotatable bonds is 7. The van der Waals surface area contributed by atoms with Crippen molar-refractivity contribution < 1.29 is 19.2 Å². The summed E-state index contributed by atoms with van der Waals surface area (Å²) in [6.45, 7) is -0.0317. The Balaban J connectivity index is 1.88. The quantitative estimate of drug-likeness (QED) is 0.189. The fourth-order valence-corrected chi connectivity index (χ4v) is 3.24. The number of nitro groups is 1. The fraction of sp³-hybridized carbons (Fsp3) is 0.0952. The van der Waals surface area contributed by atoms with Crippen LogP contribution in [0.5, 0.6) is 0 Å². The zero-order chi connectivity index (χ0) is 20.8. The van der Waals surface area contributed by atoms with Crippen molar-refractivity contribution in [2.45, 2.75) is 11.5 Å². The van der Waals surface area contributed by atoms with Gasteiger partial charge in [-0.05, 0) is 36.6 Å². The van der Waals surface area contributed by atoms with Gasteiger partial charge >= 0.3 is 5.97 Å². The van der Waals surface area contributed by atoms with Gasteiger partial charge < -0.3 is 4.74 Å². The van der Waals surface area contributed by atoms with Gasteiger partial charge in [0.15, 0.2) is 5.78 Å². The van der Waals surface area contributed by atoms with Crippen LogP contribution in [0.3, 0.4) is 0 Å². The van der Waals surface area contributed by atoms with Gasteiger partial charge in [-0.2, -0.15) is 0 Å². The second-order valence-corrected chi connectivity index (χ2v) is 6.76. The first-order valence-electron chi connectivity index (χ1n) is 8.54. The monoisotopic (exact) mass is 408 g/mol. The summed E-state index contributed by atoms with van der Waals surface area (Å²) in [5.74, 6) is -1.17. The molecule has 0 bridgehead atoms. The Labute approximate surface area is 170 Å². The van der Waals surface area contributed by atoms with Crippen molar-refractivity contribution in [3.63, 3.8) is 0 Å². The molecule has 1 heterocycles. The van der Waals surface area contributed by atoms with E-state index in [-0.39, 0.29) is 29.0 Å². The number of benzene rings is 2. The highest BCUT2D eigenvalue weighted by molar-refractivity contribution is 7.98. The molecule has 2 aromatic carbocycles. The van der Waals surface area contributed by atoms with Gasteiger partial charge in [0.1, 0.15) is 6.61 Å². The Bertz CT molecular complexity index is 1070. The molecule has 0 saturated carbocycles. The molecule has 3 rings (SSSR count). The van der Waals surface area contributed by atoms with Crippen molar-refractivity contribution in [3.8, 4) is 0 Å². The van der Waals surface area contributed by atoms with Crippen molar-refractivity contribution in [1.82, 2.24) is 4.98 Å². The van der Waals surface area contributed by atoms with E-state index in [2.05, 4.69) is 4.98 Å². The molecule has 8 heteroatoms. The van der Waals surface area contributed by atoms with Crippen molar-refractivity contribution >= 4 is 29.2 Å². The number of carbonyl (C=O) groups is 2. The summed E-state index contributed by atoms with van der Waals surface area (Å²) >= 11 is 1.22. The van der Waals surface area contributed by atoms with Crippen LogP contribution in [-0.4, -0.2) is 27.9 Å². The van der Waals surface area contributed by atoms with E-state index < -0.39 is 16.7 Å². The van der Waals surface area contributed by atoms with E-state index in [1.54, 1.807) is 42.8 Å². The van der Waals surface area contributed by atoms with Crippen LogP contribution in [0, 0.1) is 10.1 Å². The molecular weight excluding hydrogens is 392 g/mol. The van der Waals surface area contributed by atoms with Crippen LogP contribution in [0.15, 0.2) is 71.8 Å². The lowest BCUT2D eigenvalue weighted by atomic mass is 9.98. The number of ketones is 1. The smallest absolute Gasteiger partial charge is 0.339 e. The molecule has 0 atom stereocenters. The SMILES string of the molecule is CSc1ccc(C(=O)c2ccccc2C(=O)OCc2ccccn2)cc1[N+](=O)[O-]. The van der Waals surface area contributed by atoms with Gasteiger partial charge in [0.2, 0.25) is 0 Å². The number of aromatic nitrogens is 1. The van der Waals surface area contributed by atoms with Crippen molar-refractivity contribution in [2.24, 2.45) is 0 Å². The maximum atomic E-state index is 13.0. The van der Waals surface area contributed by atoms with Gasteiger partial charge in [-0.1, -0.05) is 24.3 Å². The molecule has 7 nitrogen and oxygen atoms in total. The van der Waals surface area contributed by atoms with E-state index >= 15 is 0 Å². The number of esters is 1. The highest BCUT2D eigenvalue weighted by Gasteiger charge is 2.22. The van der Waals surface area contributed by atoms with Gasteiger partial charge in [0.25, 0.3) is 5.69 Å². The highest BCUT2D eigenvalue weighted by atomic mass is 32.2. The Morgan fingerprint density at radius 3 is 2.45 bits per heavy atom. The Hall–Kier alpha value is -3.52. The number of nitro benzene ring substituents is 1. The molecule has 0 spiro atoms. The van der Waals surface area contributed by atoms with Crippen LogP contribution < -0.4 is 0 Å². The molecule has 0 radical (unpaired) electrons. The van der Waals surface area contributed by atoms with Crippen molar-refractivity contribution in [2.75, 3.05) is 6.26 Å². The average molecular weight is 408 g/mol. The minimum Gasteiger partial charge on any atom is -0.456 e. The summed E-state index contributed by atoms with van der Waals surface area (Å²) in [5.41, 5.74) is 0.751. The first kappa shape index (κ1) is 20.2. The first-order chi connectivity index (χ1) is 14.0. The van der Waals surface area contributed by atoms with Crippen LogP contribution in [0.2, 0.25) is 0 Å². The van der Waals surface area contributed by atoms with Crippen LogP contribution >= 0.6 is 11.8 Å². The number of hydrogen-bond acceptors (Lipinski definition) is 7. The maximum Gasteiger partial charge on any atom is 0.339 e. The summed E-state index contributed by atoms with van der Waals surface area (Å²) in [5, 5.41) is 11.3. The zero-order valence-electron chi connectivity index (χ0n) is 15.4. The molecule has 1 aromatic heterocycles. The van der Waals surface area contributed by atoms with Gasteiger partial charge in [-0.3, -0.25) is 19.9 Å². The predicted molar refractivity (Wildman–Crippen MR) is 108 cm³/mol. The highest BCUT2D eigenvalue weighted by Crippen LogP contribution is 2.29. The predicted octanol–water partition coefficient (Wildman–Crippen LogP) is 4.30. The lowest BCUT2D eigenvalue weighted by molar-refractivity contribution is -0.387. The van der Waals surface area contributed by atoms with Crippen molar-refractivity contribution in [1.29, 1.82) is 0 Å². The van der Waals surface area contributed by atoms with E-state index in [0.717, 1.165) is 0 Å². The van der Waals surface area contributed by atoms with Gasteiger partial charge in [-0.15, -0.1) is 11.8 Å². The molecule has 0 N–H and O–H groups in total. The Kier molecular flexibility index (Phi) is 6.36. The number of pyridine rings is 1. The lowest BCUT2D eigenvalue weighted by Crippen LogP contribution is -2.13. The molecular formula is C21H16N2O5S. The number of nitrogens with zero attached hydrogens (tertiary/aromatic N) is 2. The molecule has 0 aliphatic heterocycles. The third-order valence-electron chi connectivity index (χ3n) is 4.11. The van der Waals surface area contributed by atoms with E-state index in [0.29, 0.717) is 10.6 Å². The summed E-state index contributed by atoms with van der Waals surface area (Å²) in [6, 6.07) is 15.7. The Morgan fingerprint density at radius 2 is 1.79 bits per heavy atom. The van der Waals surface area contributed by atoms with Crippen LogP contribution in [-0.2, 0) is 11.3 Å². The topological polar surface area (TPSA) is 99.4 Å². The third kappa shape index (κ3) is 4.67. The van der Waals surface area contributed by atoms with Gasteiger partial charge in [0, 0.05) is 23.4 Å². The zero-order valence-corrected chi connectivity index (χ0v) is 16.2. The molecule has 29 heavy (non-hydrogen) atoms. The number of ether oxygens (including phenoxy) is 1. The lowest BCUT2D eigenvalue weighted by Gasteiger charge is -2.09. The van der Waals surface area contributed by atoms with E-state index in [4.69, 9.17) is 4.74 Å². The maximum absolute atomic E-state index is 13.0. The third-order valence-corrected chi connectivity index (χ3v) is 4.89. The first-order valence-corrected chi connectivity index (χ1v) is 9.77. The second kappa shape index (κ2) is 9.11. The van der Waals surface area contributed by atoms with Gasteiger partial charge in [-0.25, -0.2) is 4.79 Å². The molecule has 0 fully saturated rings. The molecule has 146 valence electrons. The summed E-state index contributed by atoms with van der Waals surface area (Å²) in [4.78, 5) is 40.8. The van der Waals surface area contributed by atoms with Crippen LogP contribution in [0.25, 0.3) is 0 Å². The van der Waals surface area contributed by atoms with E-state index in [1.165, 1.54) is 42.1 Å². The summed E-state index contributed by atoms with van der Waals surface area (Å²) in [7, 11) is 0. The molecule has 0 aliphatic carbocycles. The standard InChI is InChI=1S/C21H16N2O5S/c1-29-19-10-9-14(12-18(19)23(26)27)20(24)16-7-2-3-8-17(16)21(25)28-13-15-6-4-5-11-22-15/h2-12H,13H2,1H3. The normalized spacial score (nSPS) is 10.4. The largest absolute Gasteiger partial charge is 0.456 e. The van der Waals surface area contributed by atoms with Gasteiger partial charge in [0.05, 0.1) is 21.1 Å². The molecule has 0 saturated heterocycles. The molecule has 0 aliphatic rings. The number of thioether (sulfide) groups is 1. The second-order valence-electron chi connectivity index (χ2n) is 5.92. The average Bonchev–Trinajstić information content (AvgIpc) is 2.77. The minimum atomic E-state index is -0.671. The number of hydrogen-bond donors (Lipinski definition) is 0. The number of carbonyl (C=O) groups excluding carboxylic acids is 2. The van der Waals surface area contributed by atoms with Crippen LogP contribution in [0.4, 0.5) is 5.69 Å². The summed E-state index contributed by atoms with van der Waals surface area (Å²) in [6.07, 6.45) is 3.31. The van der Waals surface area contributed by atoms with Crippen molar-refractivity contribution in [3.05, 3.63) is 99.4 Å². The summed E-state index contributed by atoms with van der Waals surface area (Å²) < 4.78 is 5.27. The molecule has 0 unspecified atom stereocenters. The molecule has 0 amide bonds. The Morgan fingerprint density at radius 1 is 1.07 bits per heavy atom. The van der Waals surface area contributed by atoms with E-state index in [1.807, 2.05) is 0 Å². The molecule has 3 aromatic rings. The fourth-order valence-electron chi connectivity index (χ4n) is 2.69.